The summed E-state index contributed by atoms with van der Waals surface area (Å²) in [7, 11) is 0. The molecule has 0 unspecified atom stereocenters. The molecule has 0 fully saturated rings. The van der Waals surface area contributed by atoms with Gasteiger partial charge in [0.1, 0.15) is 5.41 Å². The highest BCUT2D eigenvalue weighted by Gasteiger charge is 2.47. The summed E-state index contributed by atoms with van der Waals surface area (Å²) in [5.74, 6) is 0.362. The summed E-state index contributed by atoms with van der Waals surface area (Å²) in [4.78, 5) is 14.8. The van der Waals surface area contributed by atoms with E-state index >= 15 is 0 Å². The Kier molecular flexibility index (Phi) is 4.05. The molecule has 1 aromatic heterocycles. The van der Waals surface area contributed by atoms with E-state index in [-0.39, 0.29) is 5.97 Å². The molecule has 0 saturated heterocycles. The average Bonchev–Trinajstić information content (AvgIpc) is 3.12. The lowest BCUT2D eigenvalue weighted by atomic mass is 9.83. The lowest BCUT2D eigenvalue weighted by molar-refractivity contribution is -0.149. The van der Waals surface area contributed by atoms with Gasteiger partial charge in [-0.05, 0) is 43.0 Å². The summed E-state index contributed by atoms with van der Waals surface area (Å²) in [6, 6.07) is 12.3. The fourth-order valence-corrected chi connectivity index (χ4v) is 4.30. The first-order chi connectivity index (χ1) is 10.2. The van der Waals surface area contributed by atoms with Crippen molar-refractivity contribution in [3.05, 3.63) is 57.3 Å². The molecule has 0 bridgehead atoms. The van der Waals surface area contributed by atoms with Gasteiger partial charge in [0.2, 0.25) is 0 Å². The lowest BCUT2D eigenvalue weighted by Crippen LogP contribution is -2.37. The second-order valence-electron chi connectivity index (χ2n) is 5.32. The van der Waals surface area contributed by atoms with Crippen molar-refractivity contribution in [1.29, 1.82) is 0 Å². The molecular formula is C17H17ClO2S. The van der Waals surface area contributed by atoms with Crippen LogP contribution in [0.1, 0.15) is 27.8 Å². The van der Waals surface area contributed by atoms with Crippen molar-refractivity contribution < 1.29 is 9.53 Å². The maximum absolute atomic E-state index is 12.7. The Hall–Kier alpha value is -1.32. The highest BCUT2D eigenvalue weighted by Crippen LogP contribution is 2.43. The number of thiophene rings is 1. The second kappa shape index (κ2) is 5.82. The van der Waals surface area contributed by atoms with E-state index in [1.54, 1.807) is 11.3 Å². The van der Waals surface area contributed by atoms with E-state index in [0.29, 0.717) is 25.3 Å². The van der Waals surface area contributed by atoms with Crippen LogP contribution in [0, 0.1) is 0 Å². The third kappa shape index (κ3) is 2.49. The van der Waals surface area contributed by atoms with Crippen molar-refractivity contribution in [1.82, 2.24) is 0 Å². The van der Waals surface area contributed by atoms with E-state index in [2.05, 4.69) is 12.1 Å². The number of benzene rings is 1. The van der Waals surface area contributed by atoms with Crippen LogP contribution in [0.5, 0.6) is 0 Å². The van der Waals surface area contributed by atoms with E-state index < -0.39 is 5.41 Å². The molecule has 1 aromatic carbocycles. The zero-order valence-electron chi connectivity index (χ0n) is 11.9. The Morgan fingerprint density at radius 1 is 1.24 bits per heavy atom. The van der Waals surface area contributed by atoms with Crippen molar-refractivity contribution >= 4 is 28.9 Å². The Morgan fingerprint density at radius 3 is 2.43 bits per heavy atom. The SMILES string of the molecule is CCOC(=O)C1(c2ccc(CCl)s2)Cc2ccccc2C1. The normalized spacial score (nSPS) is 15.7. The standard InChI is InChI=1S/C17H17ClO2S/c1-2-20-16(19)17(15-8-7-14(11-18)21-15)9-12-5-3-4-6-13(12)10-17/h3-8H,2,9-11H2,1H3. The van der Waals surface area contributed by atoms with Gasteiger partial charge in [-0.15, -0.1) is 22.9 Å². The van der Waals surface area contributed by atoms with Crippen molar-refractivity contribution in [2.24, 2.45) is 0 Å². The number of halogens is 1. The van der Waals surface area contributed by atoms with Crippen LogP contribution in [0.15, 0.2) is 36.4 Å². The van der Waals surface area contributed by atoms with Crippen LogP contribution in [0.4, 0.5) is 0 Å². The number of hydrogen-bond acceptors (Lipinski definition) is 3. The van der Waals surface area contributed by atoms with Crippen LogP contribution in [0.25, 0.3) is 0 Å². The van der Waals surface area contributed by atoms with Gasteiger partial charge in [0.15, 0.2) is 0 Å². The van der Waals surface area contributed by atoms with E-state index in [1.807, 2.05) is 31.2 Å². The summed E-state index contributed by atoms with van der Waals surface area (Å²) >= 11 is 7.54. The molecule has 2 nitrogen and oxygen atoms in total. The smallest absolute Gasteiger partial charge is 0.318 e. The van der Waals surface area contributed by atoms with Gasteiger partial charge < -0.3 is 4.74 Å². The average molecular weight is 321 g/mol. The molecule has 1 aliphatic carbocycles. The van der Waals surface area contributed by atoms with Gasteiger partial charge in [-0.1, -0.05) is 24.3 Å². The number of hydrogen-bond donors (Lipinski definition) is 0. The largest absolute Gasteiger partial charge is 0.465 e. The molecule has 21 heavy (non-hydrogen) atoms. The number of carbonyl (C=O) groups is 1. The minimum Gasteiger partial charge on any atom is -0.465 e. The number of esters is 1. The third-order valence-electron chi connectivity index (χ3n) is 4.03. The zero-order chi connectivity index (χ0) is 14.9. The van der Waals surface area contributed by atoms with Crippen LogP contribution in [-0.4, -0.2) is 12.6 Å². The first kappa shape index (κ1) is 14.6. The highest BCUT2D eigenvalue weighted by atomic mass is 35.5. The molecular weight excluding hydrogens is 304 g/mol. The molecule has 0 aliphatic heterocycles. The maximum atomic E-state index is 12.7. The van der Waals surface area contributed by atoms with Crippen molar-refractivity contribution in [3.63, 3.8) is 0 Å². The lowest BCUT2D eigenvalue weighted by Gasteiger charge is -2.25. The second-order valence-corrected chi connectivity index (χ2v) is 6.76. The fourth-order valence-electron chi connectivity index (χ4n) is 3.01. The number of ether oxygens (including phenoxy) is 1. The molecule has 2 aromatic rings. The summed E-state index contributed by atoms with van der Waals surface area (Å²) in [5, 5.41) is 0. The van der Waals surface area contributed by atoms with Crippen molar-refractivity contribution in [2.75, 3.05) is 6.61 Å². The van der Waals surface area contributed by atoms with E-state index in [1.165, 1.54) is 11.1 Å². The van der Waals surface area contributed by atoms with Gasteiger partial charge in [0.05, 0.1) is 12.5 Å². The monoisotopic (exact) mass is 320 g/mol. The van der Waals surface area contributed by atoms with Gasteiger partial charge in [-0.3, -0.25) is 4.79 Å². The molecule has 1 aliphatic rings. The molecule has 0 spiro atoms. The zero-order valence-corrected chi connectivity index (χ0v) is 13.5. The van der Waals surface area contributed by atoms with Crippen LogP contribution in [0.3, 0.4) is 0 Å². The Balaban J connectivity index is 2.04. The quantitative estimate of drug-likeness (QED) is 0.626. The van der Waals surface area contributed by atoms with Gasteiger partial charge in [-0.2, -0.15) is 0 Å². The van der Waals surface area contributed by atoms with E-state index in [9.17, 15) is 4.79 Å². The van der Waals surface area contributed by atoms with Crippen LogP contribution >= 0.6 is 22.9 Å². The Labute approximate surface area is 133 Å². The molecule has 0 saturated carbocycles. The van der Waals surface area contributed by atoms with Gasteiger partial charge in [0, 0.05) is 9.75 Å². The predicted molar refractivity (Wildman–Crippen MR) is 86.0 cm³/mol. The fraction of sp³-hybridized carbons (Fsp3) is 0.353. The van der Waals surface area contributed by atoms with Gasteiger partial charge in [-0.25, -0.2) is 0 Å². The molecule has 0 N–H and O–H groups in total. The molecule has 0 atom stereocenters. The first-order valence-electron chi connectivity index (χ1n) is 7.09. The predicted octanol–water partition coefficient (Wildman–Crippen LogP) is 4.09. The maximum Gasteiger partial charge on any atom is 0.318 e. The first-order valence-corrected chi connectivity index (χ1v) is 8.44. The summed E-state index contributed by atoms with van der Waals surface area (Å²) in [5.41, 5.74) is 1.91. The minimum absolute atomic E-state index is 0.121. The van der Waals surface area contributed by atoms with Gasteiger partial charge >= 0.3 is 5.97 Å². The summed E-state index contributed by atoms with van der Waals surface area (Å²) < 4.78 is 5.39. The van der Waals surface area contributed by atoms with E-state index in [0.717, 1.165) is 9.75 Å². The molecule has 3 rings (SSSR count). The number of alkyl halides is 1. The highest BCUT2D eigenvalue weighted by molar-refractivity contribution is 7.12. The Bertz CT molecular complexity index is 637. The molecule has 0 amide bonds. The third-order valence-corrected chi connectivity index (χ3v) is 5.77. The molecule has 0 radical (unpaired) electrons. The molecule has 1 heterocycles. The topological polar surface area (TPSA) is 26.3 Å². The van der Waals surface area contributed by atoms with Crippen LogP contribution < -0.4 is 0 Å². The number of rotatable bonds is 4. The van der Waals surface area contributed by atoms with E-state index in [4.69, 9.17) is 16.3 Å². The van der Waals surface area contributed by atoms with Crippen molar-refractivity contribution in [3.8, 4) is 0 Å². The van der Waals surface area contributed by atoms with Gasteiger partial charge in [0.25, 0.3) is 0 Å². The molecule has 110 valence electrons. The molecule has 4 heteroatoms. The minimum atomic E-state index is -0.575. The summed E-state index contributed by atoms with van der Waals surface area (Å²) in [6.07, 6.45) is 1.43. The van der Waals surface area contributed by atoms with Crippen molar-refractivity contribution in [2.45, 2.75) is 31.1 Å². The van der Waals surface area contributed by atoms with Crippen LogP contribution in [-0.2, 0) is 33.7 Å². The van der Waals surface area contributed by atoms with Crippen LogP contribution in [0.2, 0.25) is 0 Å². The Morgan fingerprint density at radius 2 is 1.90 bits per heavy atom. The number of carbonyl (C=O) groups excluding carboxylic acids is 1. The summed E-state index contributed by atoms with van der Waals surface area (Å²) in [6.45, 7) is 2.26. The number of fused-ring (bicyclic) bond motifs is 1.